The van der Waals surface area contributed by atoms with Crippen molar-refractivity contribution in [3.8, 4) is 11.5 Å². The summed E-state index contributed by atoms with van der Waals surface area (Å²) >= 11 is 0. The molecule has 1 aromatic carbocycles. The third-order valence-electron chi connectivity index (χ3n) is 3.53. The number of benzene rings is 1. The largest absolute Gasteiger partial charge is 0.461 e. The van der Waals surface area contributed by atoms with Gasteiger partial charge in [-0.2, -0.15) is 0 Å². The van der Waals surface area contributed by atoms with Crippen molar-refractivity contribution in [2.24, 2.45) is 0 Å². The number of nitrogens with one attached hydrogen (secondary N) is 1. The van der Waals surface area contributed by atoms with Gasteiger partial charge in [0, 0.05) is 12.6 Å². The predicted octanol–water partition coefficient (Wildman–Crippen LogP) is 3.69. The van der Waals surface area contributed by atoms with Gasteiger partial charge in [-0.05, 0) is 37.0 Å². The lowest BCUT2D eigenvalue weighted by Crippen LogP contribution is -2.24. The zero-order valence-electron chi connectivity index (χ0n) is 12.7. The highest BCUT2D eigenvalue weighted by Crippen LogP contribution is 2.20. The van der Waals surface area contributed by atoms with Crippen LogP contribution in [0.2, 0.25) is 0 Å². The maximum Gasteiger partial charge on any atom is 0.273 e. The molecule has 0 fully saturated rings. The van der Waals surface area contributed by atoms with Gasteiger partial charge in [0.2, 0.25) is 5.76 Å². The second-order valence-electron chi connectivity index (χ2n) is 5.25. The lowest BCUT2D eigenvalue weighted by molar-refractivity contribution is 0.0944. The third-order valence-corrected chi connectivity index (χ3v) is 3.53. The fraction of sp³-hybridized carbons (Fsp3) is 0.222. The van der Waals surface area contributed by atoms with E-state index in [0.717, 1.165) is 19.3 Å². The van der Waals surface area contributed by atoms with Crippen molar-refractivity contribution < 1.29 is 13.7 Å². The highest BCUT2D eigenvalue weighted by molar-refractivity contribution is 5.92. The number of hydrogen-bond acceptors (Lipinski definition) is 4. The minimum absolute atomic E-state index is 0.230. The van der Waals surface area contributed by atoms with Gasteiger partial charge in [-0.1, -0.05) is 35.5 Å². The van der Waals surface area contributed by atoms with Crippen LogP contribution in [0.4, 0.5) is 0 Å². The number of nitrogens with zero attached hydrogens (tertiary/aromatic N) is 1. The standard InChI is InChI=1S/C18H18N2O3/c21-18(15-13-17(23-20-15)16-10-6-12-22-16)19-11-5-4-9-14-7-2-1-3-8-14/h1-3,6-8,10,12-13H,4-5,9,11H2,(H,19,21). The average molecular weight is 310 g/mol. The summed E-state index contributed by atoms with van der Waals surface area (Å²) in [5.74, 6) is 0.773. The second kappa shape index (κ2) is 7.45. The van der Waals surface area contributed by atoms with E-state index in [2.05, 4.69) is 22.6 Å². The number of carbonyl (C=O) groups is 1. The van der Waals surface area contributed by atoms with Gasteiger partial charge in [0.15, 0.2) is 11.5 Å². The molecule has 2 aromatic heterocycles. The highest BCUT2D eigenvalue weighted by Gasteiger charge is 2.14. The molecule has 1 N–H and O–H groups in total. The number of aromatic nitrogens is 1. The van der Waals surface area contributed by atoms with E-state index in [-0.39, 0.29) is 11.6 Å². The molecule has 0 bridgehead atoms. The first-order valence-corrected chi connectivity index (χ1v) is 7.65. The first kappa shape index (κ1) is 15.1. The summed E-state index contributed by atoms with van der Waals surface area (Å²) in [5.41, 5.74) is 1.58. The van der Waals surface area contributed by atoms with E-state index in [4.69, 9.17) is 8.94 Å². The van der Waals surface area contributed by atoms with E-state index in [1.807, 2.05) is 18.2 Å². The molecule has 0 aliphatic carbocycles. The van der Waals surface area contributed by atoms with Crippen LogP contribution in [0.3, 0.4) is 0 Å². The van der Waals surface area contributed by atoms with Crippen LogP contribution in [-0.4, -0.2) is 17.6 Å². The molecule has 0 atom stereocenters. The van der Waals surface area contributed by atoms with Crippen molar-refractivity contribution in [1.29, 1.82) is 0 Å². The van der Waals surface area contributed by atoms with Gasteiger partial charge in [0.05, 0.1) is 6.26 Å². The van der Waals surface area contributed by atoms with Crippen molar-refractivity contribution >= 4 is 5.91 Å². The van der Waals surface area contributed by atoms with E-state index in [1.165, 1.54) is 5.56 Å². The fourth-order valence-corrected chi connectivity index (χ4v) is 2.31. The normalized spacial score (nSPS) is 10.6. The molecule has 0 aliphatic rings. The third kappa shape index (κ3) is 4.10. The molecule has 23 heavy (non-hydrogen) atoms. The molecule has 0 spiro atoms. The lowest BCUT2D eigenvalue weighted by atomic mass is 10.1. The number of hydrogen-bond donors (Lipinski definition) is 1. The Labute approximate surface area is 134 Å². The molecule has 5 nitrogen and oxygen atoms in total. The van der Waals surface area contributed by atoms with Gasteiger partial charge in [0.1, 0.15) is 0 Å². The first-order chi connectivity index (χ1) is 11.3. The maximum atomic E-state index is 12.0. The van der Waals surface area contributed by atoms with Gasteiger partial charge < -0.3 is 14.3 Å². The van der Waals surface area contributed by atoms with E-state index >= 15 is 0 Å². The Bertz CT molecular complexity index is 733. The van der Waals surface area contributed by atoms with Crippen LogP contribution in [0.15, 0.2) is 63.7 Å². The Kier molecular flexibility index (Phi) is 4.88. The fourth-order valence-electron chi connectivity index (χ4n) is 2.31. The molecule has 3 rings (SSSR count). The van der Waals surface area contributed by atoms with Crippen LogP contribution in [0.25, 0.3) is 11.5 Å². The number of aryl methyl sites for hydroxylation is 1. The van der Waals surface area contributed by atoms with Gasteiger partial charge in [-0.3, -0.25) is 4.79 Å². The summed E-state index contributed by atoms with van der Waals surface area (Å²) < 4.78 is 10.3. The van der Waals surface area contributed by atoms with Crippen LogP contribution >= 0.6 is 0 Å². The van der Waals surface area contributed by atoms with Gasteiger partial charge in [0.25, 0.3) is 5.91 Å². The molecule has 5 heteroatoms. The van der Waals surface area contributed by atoms with Crippen molar-refractivity contribution in [3.05, 3.63) is 66.1 Å². The van der Waals surface area contributed by atoms with Crippen LogP contribution < -0.4 is 5.32 Å². The second-order valence-corrected chi connectivity index (χ2v) is 5.25. The van der Waals surface area contributed by atoms with E-state index in [1.54, 1.807) is 24.5 Å². The lowest BCUT2D eigenvalue weighted by Gasteiger charge is -2.03. The van der Waals surface area contributed by atoms with Crippen LogP contribution in [-0.2, 0) is 6.42 Å². The van der Waals surface area contributed by atoms with Crippen molar-refractivity contribution in [3.63, 3.8) is 0 Å². The summed E-state index contributed by atoms with van der Waals surface area (Å²) in [6.07, 6.45) is 4.51. The minimum atomic E-state index is -0.230. The van der Waals surface area contributed by atoms with Gasteiger partial charge in [-0.15, -0.1) is 0 Å². The Morgan fingerprint density at radius 3 is 2.70 bits per heavy atom. The van der Waals surface area contributed by atoms with E-state index in [9.17, 15) is 4.79 Å². The molecule has 0 radical (unpaired) electrons. The molecule has 2 heterocycles. The number of amides is 1. The molecule has 0 unspecified atom stereocenters. The van der Waals surface area contributed by atoms with Crippen LogP contribution in [0, 0.1) is 0 Å². The Morgan fingerprint density at radius 1 is 1.04 bits per heavy atom. The molecule has 0 saturated heterocycles. The molecule has 1 amide bonds. The summed E-state index contributed by atoms with van der Waals surface area (Å²) in [4.78, 5) is 12.0. The molecule has 0 saturated carbocycles. The van der Waals surface area contributed by atoms with E-state index in [0.29, 0.717) is 18.1 Å². The topological polar surface area (TPSA) is 68.3 Å². The first-order valence-electron chi connectivity index (χ1n) is 7.65. The maximum absolute atomic E-state index is 12.0. The monoisotopic (exact) mass is 310 g/mol. The molecule has 3 aromatic rings. The minimum Gasteiger partial charge on any atom is -0.461 e. The van der Waals surface area contributed by atoms with Crippen molar-refractivity contribution in [1.82, 2.24) is 10.5 Å². The predicted molar refractivity (Wildman–Crippen MR) is 85.9 cm³/mol. The van der Waals surface area contributed by atoms with Gasteiger partial charge in [-0.25, -0.2) is 0 Å². The van der Waals surface area contributed by atoms with E-state index < -0.39 is 0 Å². The Hall–Kier alpha value is -2.82. The SMILES string of the molecule is O=C(NCCCCc1ccccc1)c1cc(-c2ccco2)on1. The quantitative estimate of drug-likeness (QED) is 0.676. The zero-order chi connectivity index (χ0) is 15.9. The number of unbranched alkanes of at least 4 members (excludes halogenated alkanes) is 1. The Balaban J connectivity index is 1.41. The molecule has 118 valence electrons. The summed E-state index contributed by atoms with van der Waals surface area (Å²) in [6, 6.07) is 15.4. The molecular formula is C18H18N2O3. The summed E-state index contributed by atoms with van der Waals surface area (Å²) in [5, 5.41) is 6.62. The van der Waals surface area contributed by atoms with Crippen LogP contribution in [0.1, 0.15) is 28.9 Å². The van der Waals surface area contributed by atoms with Crippen LogP contribution in [0.5, 0.6) is 0 Å². The van der Waals surface area contributed by atoms with Crippen molar-refractivity contribution in [2.45, 2.75) is 19.3 Å². The average Bonchev–Trinajstić information content (AvgIpc) is 3.26. The number of carbonyl (C=O) groups excluding carboxylic acids is 1. The summed E-state index contributed by atoms with van der Waals surface area (Å²) in [7, 11) is 0. The highest BCUT2D eigenvalue weighted by atomic mass is 16.5. The smallest absolute Gasteiger partial charge is 0.273 e. The summed E-state index contributed by atoms with van der Waals surface area (Å²) in [6.45, 7) is 0.620. The Morgan fingerprint density at radius 2 is 1.91 bits per heavy atom. The van der Waals surface area contributed by atoms with Crippen molar-refractivity contribution in [2.75, 3.05) is 6.54 Å². The van der Waals surface area contributed by atoms with Gasteiger partial charge >= 0.3 is 0 Å². The number of furan rings is 1. The molecular weight excluding hydrogens is 292 g/mol. The zero-order valence-corrected chi connectivity index (χ0v) is 12.7. The molecule has 0 aliphatic heterocycles. The number of rotatable bonds is 7.